The molecule has 30 heavy (non-hydrogen) atoms. The SMILES string of the molecule is CCC(C)c1cc2c(-c3cccc4cc5ccccc5cc34)cccc2[cH-]1.[Cl][Zr][Cl]. The fourth-order valence-electron chi connectivity index (χ4n) is 4.21. The summed E-state index contributed by atoms with van der Waals surface area (Å²) in [6.45, 7) is 4.58. The first-order valence-electron chi connectivity index (χ1n) is 10.2. The van der Waals surface area contributed by atoms with E-state index in [0.29, 0.717) is 5.92 Å². The van der Waals surface area contributed by atoms with Gasteiger partial charge in [0.1, 0.15) is 0 Å². The molecule has 0 aliphatic rings. The van der Waals surface area contributed by atoms with Gasteiger partial charge in [-0.15, -0.1) is 34.5 Å². The van der Waals surface area contributed by atoms with Gasteiger partial charge in [-0.05, 0) is 45.2 Å². The van der Waals surface area contributed by atoms with Crippen molar-refractivity contribution >= 4 is 49.3 Å². The van der Waals surface area contributed by atoms with Crippen molar-refractivity contribution in [2.75, 3.05) is 0 Å². The maximum atomic E-state index is 4.93. The average molecular weight is 510 g/mol. The minimum atomic E-state index is -0.826. The average Bonchev–Trinajstić information content (AvgIpc) is 3.22. The van der Waals surface area contributed by atoms with Gasteiger partial charge >= 0.3 is 37.9 Å². The van der Waals surface area contributed by atoms with Crippen LogP contribution in [0.5, 0.6) is 0 Å². The van der Waals surface area contributed by atoms with E-state index in [2.05, 4.69) is 98.8 Å². The number of rotatable bonds is 3. The second kappa shape index (κ2) is 9.73. The molecule has 0 nitrogen and oxygen atoms in total. The molecule has 150 valence electrons. The Bertz CT molecular complexity index is 1300. The molecule has 0 N–H and O–H groups in total. The van der Waals surface area contributed by atoms with E-state index in [1.165, 1.54) is 55.4 Å². The van der Waals surface area contributed by atoms with E-state index in [0.717, 1.165) is 0 Å². The molecule has 0 radical (unpaired) electrons. The van der Waals surface area contributed by atoms with Gasteiger partial charge in [0.2, 0.25) is 0 Å². The van der Waals surface area contributed by atoms with E-state index < -0.39 is 20.8 Å². The zero-order chi connectivity index (χ0) is 21.1. The minimum absolute atomic E-state index is 0.599. The summed E-state index contributed by atoms with van der Waals surface area (Å²) in [5.41, 5.74) is 4.11. The predicted octanol–water partition coefficient (Wildman–Crippen LogP) is 9.42. The van der Waals surface area contributed by atoms with Gasteiger partial charge in [0, 0.05) is 0 Å². The Morgan fingerprint density at radius 3 is 2.07 bits per heavy atom. The maximum absolute atomic E-state index is 4.93. The topological polar surface area (TPSA) is 0 Å². The second-order valence-corrected chi connectivity index (χ2v) is 11.4. The summed E-state index contributed by atoms with van der Waals surface area (Å²) in [5, 5.41) is 7.95. The van der Waals surface area contributed by atoms with Gasteiger partial charge in [-0.3, -0.25) is 0 Å². The van der Waals surface area contributed by atoms with Crippen LogP contribution in [0.2, 0.25) is 0 Å². The van der Waals surface area contributed by atoms with Gasteiger partial charge in [-0.2, -0.15) is 6.07 Å². The Morgan fingerprint density at radius 1 is 0.767 bits per heavy atom. The number of halogens is 2. The summed E-state index contributed by atoms with van der Waals surface area (Å²) < 4.78 is 0. The Kier molecular flexibility index (Phi) is 7.04. The fraction of sp³-hybridized carbons (Fsp3) is 0.148. The molecule has 0 heterocycles. The first-order chi connectivity index (χ1) is 14.7. The van der Waals surface area contributed by atoms with Crippen molar-refractivity contribution in [2.24, 2.45) is 0 Å². The summed E-state index contributed by atoms with van der Waals surface area (Å²) >= 11 is -0.826. The Balaban J connectivity index is 0.000000687. The molecule has 5 rings (SSSR count). The first-order valence-corrected chi connectivity index (χ1v) is 16.6. The molecule has 0 aliphatic heterocycles. The van der Waals surface area contributed by atoms with Crippen LogP contribution in [0.15, 0.2) is 84.9 Å². The zero-order valence-corrected chi connectivity index (χ0v) is 21.1. The van der Waals surface area contributed by atoms with E-state index in [1.54, 1.807) is 0 Å². The third kappa shape index (κ3) is 4.26. The molecule has 1 unspecified atom stereocenters. The predicted molar refractivity (Wildman–Crippen MR) is 130 cm³/mol. The molecule has 0 saturated heterocycles. The Morgan fingerprint density at radius 2 is 1.37 bits per heavy atom. The van der Waals surface area contributed by atoms with Crippen LogP contribution in [0.4, 0.5) is 0 Å². The van der Waals surface area contributed by atoms with E-state index >= 15 is 0 Å². The quantitative estimate of drug-likeness (QED) is 0.168. The van der Waals surface area contributed by atoms with Crippen LogP contribution in [-0.4, -0.2) is 0 Å². The Hall–Kier alpha value is -1.53. The van der Waals surface area contributed by atoms with E-state index in [-0.39, 0.29) is 0 Å². The molecule has 0 aliphatic carbocycles. The molecular formula is C27H23Cl2Zr-. The van der Waals surface area contributed by atoms with Crippen LogP contribution < -0.4 is 0 Å². The van der Waals surface area contributed by atoms with Crippen LogP contribution in [0.1, 0.15) is 31.7 Å². The molecule has 1 atom stereocenters. The standard InChI is InChI=1S/C27H23.2ClH.Zr/c1-3-18(2)23-15-22-11-7-13-25(27(22)17-23)24-12-6-10-21-14-19-8-4-5-9-20(19)16-26(21)24;;;/h4-18H,3H2,1-2H3;2*1H;/q-1;;;+2/p-2. The van der Waals surface area contributed by atoms with Crippen molar-refractivity contribution < 1.29 is 20.8 Å². The molecule has 5 aromatic carbocycles. The normalized spacial score (nSPS) is 12.0. The summed E-state index contributed by atoms with van der Waals surface area (Å²) in [6.07, 6.45) is 1.17. The summed E-state index contributed by atoms with van der Waals surface area (Å²) in [7, 11) is 9.87. The van der Waals surface area contributed by atoms with Gasteiger partial charge in [-0.1, -0.05) is 74.4 Å². The summed E-state index contributed by atoms with van der Waals surface area (Å²) in [5.74, 6) is 0.599. The van der Waals surface area contributed by atoms with Crippen LogP contribution in [0.3, 0.4) is 0 Å². The van der Waals surface area contributed by atoms with E-state index in [9.17, 15) is 0 Å². The summed E-state index contributed by atoms with van der Waals surface area (Å²) in [4.78, 5) is 0. The molecule has 5 aromatic rings. The van der Waals surface area contributed by atoms with Crippen LogP contribution in [0.25, 0.3) is 43.4 Å². The van der Waals surface area contributed by atoms with Crippen molar-refractivity contribution in [2.45, 2.75) is 26.2 Å². The molecule has 0 amide bonds. The van der Waals surface area contributed by atoms with E-state index in [1.807, 2.05) is 0 Å². The zero-order valence-electron chi connectivity index (χ0n) is 17.1. The first kappa shape index (κ1) is 21.7. The van der Waals surface area contributed by atoms with Crippen LogP contribution in [0, 0.1) is 0 Å². The number of fused-ring (bicyclic) bond motifs is 3. The molecule has 0 spiro atoms. The molecule has 0 fully saturated rings. The molecule has 0 saturated carbocycles. The fourth-order valence-corrected chi connectivity index (χ4v) is 4.21. The molecule has 0 bridgehead atoms. The number of benzene rings is 4. The molecule has 0 aromatic heterocycles. The summed E-state index contributed by atoms with van der Waals surface area (Å²) in [6, 6.07) is 31.4. The Labute approximate surface area is 196 Å². The van der Waals surface area contributed by atoms with E-state index in [4.69, 9.17) is 17.0 Å². The van der Waals surface area contributed by atoms with Crippen molar-refractivity contribution in [3.8, 4) is 11.1 Å². The van der Waals surface area contributed by atoms with Gasteiger partial charge in [0.15, 0.2) is 0 Å². The second-order valence-electron chi connectivity index (χ2n) is 7.70. The van der Waals surface area contributed by atoms with Crippen molar-refractivity contribution in [3.05, 3.63) is 90.5 Å². The molecular weight excluding hydrogens is 486 g/mol. The van der Waals surface area contributed by atoms with Crippen molar-refractivity contribution in [1.29, 1.82) is 0 Å². The third-order valence-corrected chi connectivity index (χ3v) is 5.99. The third-order valence-electron chi connectivity index (χ3n) is 5.99. The van der Waals surface area contributed by atoms with Gasteiger partial charge < -0.3 is 0 Å². The van der Waals surface area contributed by atoms with Gasteiger partial charge in [-0.25, -0.2) is 0 Å². The van der Waals surface area contributed by atoms with Crippen LogP contribution in [-0.2, 0) is 20.8 Å². The van der Waals surface area contributed by atoms with Crippen molar-refractivity contribution in [3.63, 3.8) is 0 Å². The molecule has 3 heteroatoms. The van der Waals surface area contributed by atoms with Gasteiger partial charge in [0.05, 0.1) is 0 Å². The van der Waals surface area contributed by atoms with Crippen LogP contribution >= 0.6 is 17.0 Å². The van der Waals surface area contributed by atoms with Crippen molar-refractivity contribution in [1.82, 2.24) is 0 Å². The number of hydrogen-bond donors (Lipinski definition) is 0. The number of hydrogen-bond acceptors (Lipinski definition) is 0. The monoisotopic (exact) mass is 507 g/mol. The van der Waals surface area contributed by atoms with Gasteiger partial charge in [0.25, 0.3) is 0 Å².